The number of benzene rings is 1. The van der Waals surface area contributed by atoms with E-state index in [4.69, 9.17) is 0 Å². The standard InChI is InChI=1S/C16H20Si/c1-10-11(2)16(17)13(4)15(10)12(3)14-8-6-5-7-9-14/h5-10H,3H2,1-2,4,17H3. The molecule has 2 rings (SSSR count). The van der Waals surface area contributed by atoms with Crippen molar-refractivity contribution in [1.29, 1.82) is 0 Å². The molecule has 0 spiro atoms. The lowest BCUT2D eigenvalue weighted by atomic mass is 9.89. The molecule has 1 aliphatic rings. The largest absolute Gasteiger partial charge is 0.0909 e. The van der Waals surface area contributed by atoms with Crippen molar-refractivity contribution in [2.24, 2.45) is 5.92 Å². The van der Waals surface area contributed by atoms with Gasteiger partial charge >= 0.3 is 0 Å². The first-order valence-electron chi connectivity index (χ1n) is 6.17. The van der Waals surface area contributed by atoms with Crippen LogP contribution in [0.1, 0.15) is 26.3 Å². The highest BCUT2D eigenvalue weighted by Gasteiger charge is 2.25. The van der Waals surface area contributed by atoms with Crippen LogP contribution in [0.2, 0.25) is 0 Å². The van der Waals surface area contributed by atoms with E-state index in [1.165, 1.54) is 22.3 Å². The quantitative estimate of drug-likeness (QED) is 0.696. The Hall–Kier alpha value is -1.34. The van der Waals surface area contributed by atoms with Crippen molar-refractivity contribution in [3.8, 4) is 0 Å². The predicted molar refractivity (Wildman–Crippen MR) is 80.0 cm³/mol. The van der Waals surface area contributed by atoms with Crippen LogP contribution in [-0.4, -0.2) is 10.2 Å². The van der Waals surface area contributed by atoms with Crippen molar-refractivity contribution >= 4 is 15.8 Å². The Labute approximate surface area is 107 Å². The van der Waals surface area contributed by atoms with Gasteiger partial charge in [0.2, 0.25) is 0 Å². The van der Waals surface area contributed by atoms with Crippen molar-refractivity contribution in [3.05, 3.63) is 64.4 Å². The predicted octanol–water partition coefficient (Wildman–Crippen LogP) is 3.31. The Morgan fingerprint density at radius 3 is 2.24 bits per heavy atom. The molecule has 17 heavy (non-hydrogen) atoms. The van der Waals surface area contributed by atoms with Gasteiger partial charge in [-0.3, -0.25) is 0 Å². The summed E-state index contributed by atoms with van der Waals surface area (Å²) in [5.74, 6) is 0.537. The lowest BCUT2D eigenvalue weighted by Crippen LogP contribution is -1.99. The van der Waals surface area contributed by atoms with Gasteiger partial charge in [0.15, 0.2) is 0 Å². The zero-order chi connectivity index (χ0) is 12.6. The van der Waals surface area contributed by atoms with Crippen LogP contribution in [0.15, 0.2) is 58.8 Å². The highest BCUT2D eigenvalue weighted by atomic mass is 28.1. The Bertz CT molecular complexity index is 518. The van der Waals surface area contributed by atoms with Crippen LogP contribution < -0.4 is 0 Å². The molecule has 1 heteroatoms. The van der Waals surface area contributed by atoms with E-state index in [9.17, 15) is 0 Å². The maximum atomic E-state index is 4.31. The molecule has 1 unspecified atom stereocenters. The second kappa shape index (κ2) is 4.50. The SMILES string of the molecule is C=C(C1=C(C)C([SiH3])=C(C)C1C)c1ccccc1. The van der Waals surface area contributed by atoms with E-state index < -0.39 is 0 Å². The first-order chi connectivity index (χ1) is 8.04. The topological polar surface area (TPSA) is 0 Å². The number of hydrogen-bond donors (Lipinski definition) is 0. The molecule has 0 nitrogen and oxygen atoms in total. The molecule has 0 saturated carbocycles. The normalized spacial score (nSPS) is 20.3. The van der Waals surface area contributed by atoms with Gasteiger partial charge in [-0.25, -0.2) is 0 Å². The van der Waals surface area contributed by atoms with E-state index >= 15 is 0 Å². The van der Waals surface area contributed by atoms with Crippen LogP contribution in [0.5, 0.6) is 0 Å². The van der Waals surface area contributed by atoms with Crippen molar-refractivity contribution in [3.63, 3.8) is 0 Å². The Kier molecular flexibility index (Phi) is 3.21. The zero-order valence-electron chi connectivity index (χ0n) is 11.2. The van der Waals surface area contributed by atoms with Gasteiger partial charge in [-0.05, 0) is 36.1 Å². The van der Waals surface area contributed by atoms with E-state index in [1.54, 1.807) is 10.8 Å². The highest BCUT2D eigenvalue weighted by Crippen LogP contribution is 2.41. The van der Waals surface area contributed by atoms with Gasteiger partial charge in [0.1, 0.15) is 0 Å². The molecule has 0 N–H and O–H groups in total. The van der Waals surface area contributed by atoms with E-state index in [1.807, 2.05) is 0 Å². The van der Waals surface area contributed by atoms with E-state index in [0.29, 0.717) is 5.92 Å². The van der Waals surface area contributed by atoms with Crippen LogP contribution in [0.4, 0.5) is 0 Å². The molecule has 0 radical (unpaired) electrons. The van der Waals surface area contributed by atoms with Gasteiger partial charge in [-0.15, -0.1) is 0 Å². The van der Waals surface area contributed by atoms with Crippen molar-refractivity contribution < 1.29 is 0 Å². The van der Waals surface area contributed by atoms with Crippen LogP contribution >= 0.6 is 0 Å². The molecule has 0 amide bonds. The monoisotopic (exact) mass is 240 g/mol. The van der Waals surface area contributed by atoms with Gasteiger partial charge < -0.3 is 0 Å². The summed E-state index contributed by atoms with van der Waals surface area (Å²) in [4.78, 5) is 0. The molecule has 88 valence electrons. The molecular weight excluding hydrogens is 220 g/mol. The molecule has 0 aromatic heterocycles. The van der Waals surface area contributed by atoms with E-state index in [2.05, 4.69) is 57.7 Å². The summed E-state index contributed by atoms with van der Waals surface area (Å²) < 4.78 is 0. The maximum Gasteiger partial charge on any atom is 0.0388 e. The molecule has 1 aliphatic carbocycles. The third-order valence-electron chi connectivity index (χ3n) is 4.09. The number of allylic oxidation sites excluding steroid dienone is 5. The van der Waals surface area contributed by atoms with Gasteiger partial charge in [0.25, 0.3) is 0 Å². The molecule has 0 bridgehead atoms. The first-order valence-corrected chi connectivity index (χ1v) is 7.17. The lowest BCUT2D eigenvalue weighted by molar-refractivity contribution is 0.845. The smallest absolute Gasteiger partial charge is 0.0388 e. The molecule has 0 fully saturated rings. The van der Waals surface area contributed by atoms with Crippen LogP contribution in [0, 0.1) is 5.92 Å². The summed E-state index contributed by atoms with van der Waals surface area (Å²) in [5, 5.41) is 1.57. The molecule has 0 heterocycles. The molecule has 0 aliphatic heterocycles. The first kappa shape index (κ1) is 12.1. The van der Waals surface area contributed by atoms with Gasteiger partial charge in [0, 0.05) is 16.2 Å². The zero-order valence-corrected chi connectivity index (χ0v) is 13.2. The van der Waals surface area contributed by atoms with Gasteiger partial charge in [-0.2, -0.15) is 0 Å². The summed E-state index contributed by atoms with van der Waals surface area (Å²) in [6.07, 6.45) is 0. The van der Waals surface area contributed by atoms with E-state index in [-0.39, 0.29) is 0 Å². The fourth-order valence-corrected chi connectivity index (χ4v) is 3.35. The summed E-state index contributed by atoms with van der Waals surface area (Å²) in [6, 6.07) is 10.5. The Balaban J connectivity index is 2.42. The summed E-state index contributed by atoms with van der Waals surface area (Å²) >= 11 is 0. The molecule has 1 aromatic rings. The van der Waals surface area contributed by atoms with Gasteiger partial charge in [-0.1, -0.05) is 54.6 Å². The molecular formula is C16H20Si. The van der Waals surface area contributed by atoms with Crippen molar-refractivity contribution in [1.82, 2.24) is 0 Å². The highest BCUT2D eigenvalue weighted by molar-refractivity contribution is 6.25. The minimum atomic E-state index is 0.537. The molecule has 1 aromatic carbocycles. The Morgan fingerprint density at radius 2 is 1.76 bits per heavy atom. The van der Waals surface area contributed by atoms with Crippen molar-refractivity contribution in [2.45, 2.75) is 20.8 Å². The third kappa shape index (κ3) is 1.95. The molecule has 0 saturated heterocycles. The fraction of sp³-hybridized carbons (Fsp3) is 0.250. The minimum Gasteiger partial charge on any atom is -0.0909 e. The fourth-order valence-electron chi connectivity index (χ4n) is 2.65. The van der Waals surface area contributed by atoms with Crippen molar-refractivity contribution in [2.75, 3.05) is 0 Å². The Morgan fingerprint density at radius 1 is 1.18 bits per heavy atom. The van der Waals surface area contributed by atoms with Crippen LogP contribution in [-0.2, 0) is 0 Å². The summed E-state index contributed by atoms with van der Waals surface area (Å²) in [5.41, 5.74) is 6.90. The third-order valence-corrected chi connectivity index (χ3v) is 5.63. The number of hydrogen-bond acceptors (Lipinski definition) is 0. The maximum absolute atomic E-state index is 4.31. The van der Waals surface area contributed by atoms with Crippen LogP contribution in [0.25, 0.3) is 5.57 Å². The summed E-state index contributed by atoms with van der Waals surface area (Å²) in [7, 11) is 1.14. The molecule has 1 atom stereocenters. The summed E-state index contributed by atoms with van der Waals surface area (Å²) in [6.45, 7) is 11.1. The average Bonchev–Trinajstić information content (AvgIpc) is 2.54. The second-order valence-corrected chi connectivity index (χ2v) is 5.91. The lowest BCUT2D eigenvalue weighted by Gasteiger charge is -2.15. The minimum absolute atomic E-state index is 0.537. The van der Waals surface area contributed by atoms with Gasteiger partial charge in [0.05, 0.1) is 0 Å². The number of rotatable bonds is 2. The van der Waals surface area contributed by atoms with E-state index in [0.717, 1.165) is 10.2 Å². The second-order valence-electron chi connectivity index (χ2n) is 4.91. The van der Waals surface area contributed by atoms with Crippen LogP contribution in [0.3, 0.4) is 0 Å². The average molecular weight is 240 g/mol.